The maximum absolute atomic E-state index is 11.8. The average molecular weight is 338 g/mol. The summed E-state index contributed by atoms with van der Waals surface area (Å²) in [6, 6.07) is 15.0. The average Bonchev–Trinajstić information content (AvgIpc) is 2.77. The number of esters is 1. The molecular formula is C15H10BrClO2. The van der Waals surface area contributed by atoms with Gasteiger partial charge in [-0.25, -0.2) is 4.79 Å². The molecule has 4 heteroatoms. The molecule has 0 saturated carbocycles. The molecule has 96 valence electrons. The highest BCUT2D eigenvalue weighted by molar-refractivity contribution is 9.09. The first kappa shape index (κ1) is 12.7. The number of hydrogen-bond donors (Lipinski definition) is 0. The Morgan fingerprint density at radius 2 is 1.79 bits per heavy atom. The van der Waals surface area contributed by atoms with E-state index < -0.39 is 0 Å². The quantitative estimate of drug-likeness (QED) is 0.587. The molecule has 19 heavy (non-hydrogen) atoms. The Balaban J connectivity index is 2.01. The summed E-state index contributed by atoms with van der Waals surface area (Å²) in [5, 5.41) is 0.657. The second-order valence-electron chi connectivity index (χ2n) is 4.34. The number of fused-ring (bicyclic) bond motifs is 1. The number of benzene rings is 2. The number of carbonyl (C=O) groups is 1. The van der Waals surface area contributed by atoms with Gasteiger partial charge in [0.25, 0.3) is 0 Å². The van der Waals surface area contributed by atoms with Crippen molar-refractivity contribution < 1.29 is 9.53 Å². The minimum Gasteiger partial charge on any atom is -0.452 e. The molecule has 0 aromatic heterocycles. The van der Waals surface area contributed by atoms with Crippen LogP contribution in [-0.2, 0) is 4.74 Å². The topological polar surface area (TPSA) is 26.3 Å². The molecule has 0 N–H and O–H groups in total. The summed E-state index contributed by atoms with van der Waals surface area (Å²) in [5.41, 5.74) is 2.44. The molecule has 0 fully saturated rings. The van der Waals surface area contributed by atoms with Crippen LogP contribution in [-0.4, -0.2) is 5.97 Å². The maximum Gasteiger partial charge on any atom is 0.339 e. The molecule has 0 aliphatic carbocycles. The fourth-order valence-corrected chi connectivity index (χ4v) is 3.43. The van der Waals surface area contributed by atoms with E-state index in [1.165, 1.54) is 0 Å². The molecule has 2 nitrogen and oxygen atoms in total. The highest BCUT2D eigenvalue weighted by Crippen LogP contribution is 2.45. The Labute approximate surface area is 124 Å². The first-order valence-electron chi connectivity index (χ1n) is 5.87. The molecule has 2 aromatic rings. The van der Waals surface area contributed by atoms with Gasteiger partial charge in [0.15, 0.2) is 0 Å². The molecule has 1 aliphatic rings. The van der Waals surface area contributed by atoms with Crippen molar-refractivity contribution in [3.63, 3.8) is 0 Å². The Hall–Kier alpha value is -1.32. The van der Waals surface area contributed by atoms with Crippen molar-refractivity contribution in [1.82, 2.24) is 0 Å². The van der Waals surface area contributed by atoms with Crippen LogP contribution in [0.1, 0.15) is 32.4 Å². The van der Waals surface area contributed by atoms with E-state index in [4.69, 9.17) is 16.3 Å². The van der Waals surface area contributed by atoms with Crippen LogP contribution in [0, 0.1) is 0 Å². The van der Waals surface area contributed by atoms with E-state index in [0.29, 0.717) is 10.6 Å². The van der Waals surface area contributed by atoms with Gasteiger partial charge in [-0.3, -0.25) is 0 Å². The zero-order chi connectivity index (χ0) is 13.4. The monoisotopic (exact) mass is 336 g/mol. The van der Waals surface area contributed by atoms with Crippen molar-refractivity contribution in [2.75, 3.05) is 0 Å². The first-order valence-corrected chi connectivity index (χ1v) is 7.16. The first-order chi connectivity index (χ1) is 9.18. The van der Waals surface area contributed by atoms with Crippen molar-refractivity contribution >= 4 is 33.5 Å². The van der Waals surface area contributed by atoms with Gasteiger partial charge in [-0.2, -0.15) is 0 Å². The smallest absolute Gasteiger partial charge is 0.339 e. The van der Waals surface area contributed by atoms with Crippen LogP contribution in [0.25, 0.3) is 0 Å². The van der Waals surface area contributed by atoms with Gasteiger partial charge in [0.05, 0.1) is 10.4 Å². The summed E-state index contributed by atoms with van der Waals surface area (Å²) >= 11 is 9.79. The van der Waals surface area contributed by atoms with Gasteiger partial charge < -0.3 is 4.74 Å². The van der Waals surface area contributed by atoms with Crippen molar-refractivity contribution in [3.8, 4) is 0 Å². The maximum atomic E-state index is 11.8. The molecular weight excluding hydrogens is 328 g/mol. The van der Waals surface area contributed by atoms with Crippen LogP contribution >= 0.6 is 27.5 Å². The number of rotatable bonds is 2. The molecule has 3 rings (SSSR count). The number of hydrogen-bond acceptors (Lipinski definition) is 2. The number of ether oxygens (including phenoxy) is 1. The molecule has 1 aliphatic heterocycles. The highest BCUT2D eigenvalue weighted by Gasteiger charge is 2.36. The molecule has 2 aromatic carbocycles. The number of cyclic esters (lactones) is 1. The molecule has 0 spiro atoms. The second kappa shape index (κ2) is 4.99. The molecule has 1 heterocycles. The predicted molar refractivity (Wildman–Crippen MR) is 77.7 cm³/mol. The standard InChI is InChI=1S/C15H10BrClO2/c16-13(11-7-3-4-8-12(11)17)14-9-5-1-2-6-10(9)15(18)19-14/h1-8,13-14H/t13-,14+/m1/s1. The minimum atomic E-state index is -0.344. The van der Waals surface area contributed by atoms with Crippen molar-refractivity contribution in [1.29, 1.82) is 0 Å². The lowest BCUT2D eigenvalue weighted by Gasteiger charge is -2.19. The third-order valence-electron chi connectivity index (χ3n) is 3.19. The van der Waals surface area contributed by atoms with Crippen molar-refractivity contribution in [2.24, 2.45) is 0 Å². The van der Waals surface area contributed by atoms with Crippen LogP contribution < -0.4 is 0 Å². The summed E-state index contributed by atoms with van der Waals surface area (Å²) < 4.78 is 5.46. The fraction of sp³-hybridized carbons (Fsp3) is 0.133. The third-order valence-corrected chi connectivity index (χ3v) is 4.51. The highest BCUT2D eigenvalue weighted by atomic mass is 79.9. The van der Waals surface area contributed by atoms with Gasteiger partial charge in [0, 0.05) is 10.6 Å². The van der Waals surface area contributed by atoms with Crippen LogP contribution in [0.4, 0.5) is 0 Å². The Morgan fingerprint density at radius 3 is 2.58 bits per heavy atom. The normalized spacial score (nSPS) is 18.8. The molecule has 0 amide bonds. The zero-order valence-electron chi connectivity index (χ0n) is 9.85. The lowest BCUT2D eigenvalue weighted by atomic mass is 9.99. The van der Waals surface area contributed by atoms with Gasteiger partial charge in [0.1, 0.15) is 6.10 Å². The van der Waals surface area contributed by atoms with Crippen LogP contribution in [0.15, 0.2) is 48.5 Å². The van der Waals surface area contributed by atoms with Crippen LogP contribution in [0.2, 0.25) is 5.02 Å². The summed E-state index contributed by atoms with van der Waals surface area (Å²) in [4.78, 5) is 11.7. The second-order valence-corrected chi connectivity index (χ2v) is 5.73. The van der Waals surface area contributed by atoms with E-state index in [9.17, 15) is 4.79 Å². The van der Waals surface area contributed by atoms with E-state index in [-0.39, 0.29) is 16.9 Å². The fourth-order valence-electron chi connectivity index (χ4n) is 2.25. The van der Waals surface area contributed by atoms with Crippen molar-refractivity contribution in [3.05, 3.63) is 70.2 Å². The predicted octanol–water partition coefficient (Wildman–Crippen LogP) is 4.69. The molecule has 0 radical (unpaired) electrons. The van der Waals surface area contributed by atoms with E-state index in [2.05, 4.69) is 15.9 Å². The molecule has 0 unspecified atom stereocenters. The number of halogens is 2. The summed E-state index contributed by atoms with van der Waals surface area (Å²) in [7, 11) is 0. The van der Waals surface area contributed by atoms with E-state index in [0.717, 1.165) is 11.1 Å². The van der Waals surface area contributed by atoms with E-state index >= 15 is 0 Å². The SMILES string of the molecule is O=C1O[C@H]([C@H](Br)c2ccccc2Cl)c2ccccc21. The van der Waals surface area contributed by atoms with Crippen LogP contribution in [0.5, 0.6) is 0 Å². The summed E-state index contributed by atoms with van der Waals surface area (Å²) in [6.07, 6.45) is -0.344. The van der Waals surface area contributed by atoms with Crippen LogP contribution in [0.3, 0.4) is 0 Å². The molecule has 0 bridgehead atoms. The van der Waals surface area contributed by atoms with E-state index in [1.807, 2.05) is 42.5 Å². The Kier molecular flexibility index (Phi) is 3.33. The number of carbonyl (C=O) groups excluding carboxylic acids is 1. The summed E-state index contributed by atoms with van der Waals surface area (Å²) in [6.45, 7) is 0. The minimum absolute atomic E-state index is 0.159. The van der Waals surface area contributed by atoms with Gasteiger partial charge in [0.2, 0.25) is 0 Å². The Bertz CT molecular complexity index is 642. The van der Waals surface area contributed by atoms with Gasteiger partial charge in [-0.1, -0.05) is 63.9 Å². The van der Waals surface area contributed by atoms with Gasteiger partial charge in [-0.05, 0) is 17.7 Å². The zero-order valence-corrected chi connectivity index (χ0v) is 12.2. The third kappa shape index (κ3) is 2.17. The van der Waals surface area contributed by atoms with Gasteiger partial charge >= 0.3 is 5.97 Å². The largest absolute Gasteiger partial charge is 0.452 e. The van der Waals surface area contributed by atoms with Gasteiger partial charge in [-0.15, -0.1) is 0 Å². The lowest BCUT2D eigenvalue weighted by molar-refractivity contribution is 0.0384. The number of alkyl halides is 1. The molecule has 0 saturated heterocycles. The summed E-state index contributed by atoms with van der Waals surface area (Å²) in [5.74, 6) is -0.280. The molecule has 2 atom stereocenters. The van der Waals surface area contributed by atoms with E-state index in [1.54, 1.807) is 6.07 Å². The lowest BCUT2D eigenvalue weighted by Crippen LogP contribution is -2.06. The van der Waals surface area contributed by atoms with Crippen molar-refractivity contribution in [2.45, 2.75) is 10.9 Å². The Morgan fingerprint density at radius 1 is 1.11 bits per heavy atom.